The fourth-order valence-electron chi connectivity index (χ4n) is 2.22. The second-order valence-electron chi connectivity index (χ2n) is 5.76. The highest BCUT2D eigenvalue weighted by Gasteiger charge is 2.12. The summed E-state index contributed by atoms with van der Waals surface area (Å²) in [6, 6.07) is 14.3. The number of carbonyl (C=O) groups is 3. The smallest absolute Gasteiger partial charge is 0.352 e. The molecule has 8 heteroatoms. The number of carboxylic acids is 2. The van der Waals surface area contributed by atoms with Crippen molar-refractivity contribution in [3.8, 4) is 11.5 Å². The molecular formula is C20H18INO6. The van der Waals surface area contributed by atoms with Crippen LogP contribution in [0, 0.1) is 3.57 Å². The standard InChI is InChI=1S/C20H18INO6/c21-15-4-1-2-5-17(15)28-14-10-8-13(9-11-14)12-16(20(26)27)22-18(23)6-3-7-19(24)25/h1-2,4-5,8-12H,3,6-7H2,(H,22,23)(H,24,25)(H,26,27)/b16-12-. The van der Waals surface area contributed by atoms with Gasteiger partial charge in [0, 0.05) is 12.8 Å². The predicted molar refractivity (Wildman–Crippen MR) is 111 cm³/mol. The van der Waals surface area contributed by atoms with Crippen LogP contribution in [0.3, 0.4) is 0 Å². The zero-order valence-corrected chi connectivity index (χ0v) is 16.9. The van der Waals surface area contributed by atoms with Gasteiger partial charge >= 0.3 is 11.9 Å². The van der Waals surface area contributed by atoms with Gasteiger partial charge in [0.2, 0.25) is 5.91 Å². The molecule has 2 rings (SSSR count). The topological polar surface area (TPSA) is 113 Å². The number of aliphatic carboxylic acids is 2. The molecule has 0 aliphatic heterocycles. The van der Waals surface area contributed by atoms with Gasteiger partial charge in [0.1, 0.15) is 17.2 Å². The molecule has 0 saturated heterocycles. The molecule has 0 unspecified atom stereocenters. The quantitative estimate of drug-likeness (QED) is 0.360. The van der Waals surface area contributed by atoms with Gasteiger partial charge in [0.25, 0.3) is 0 Å². The summed E-state index contributed by atoms with van der Waals surface area (Å²) in [5, 5.41) is 20.1. The number of para-hydroxylation sites is 1. The minimum Gasteiger partial charge on any atom is -0.481 e. The molecule has 28 heavy (non-hydrogen) atoms. The predicted octanol–water partition coefficient (Wildman–Crippen LogP) is 3.88. The molecule has 3 N–H and O–H groups in total. The number of benzene rings is 2. The van der Waals surface area contributed by atoms with Gasteiger partial charge in [0.05, 0.1) is 3.57 Å². The summed E-state index contributed by atoms with van der Waals surface area (Å²) in [5.41, 5.74) is 0.282. The summed E-state index contributed by atoms with van der Waals surface area (Å²) in [6.45, 7) is 0. The number of amides is 1. The first-order valence-electron chi connectivity index (χ1n) is 8.34. The van der Waals surface area contributed by atoms with Gasteiger partial charge in [0.15, 0.2) is 0 Å². The molecule has 0 bridgehead atoms. The summed E-state index contributed by atoms with van der Waals surface area (Å²) in [6.07, 6.45) is 1.24. The van der Waals surface area contributed by atoms with Crippen LogP contribution in [0.1, 0.15) is 24.8 Å². The van der Waals surface area contributed by atoms with Gasteiger partial charge < -0.3 is 20.3 Å². The molecule has 0 aromatic heterocycles. The van der Waals surface area contributed by atoms with Crippen molar-refractivity contribution < 1.29 is 29.3 Å². The van der Waals surface area contributed by atoms with Crippen LogP contribution in [0.15, 0.2) is 54.2 Å². The number of hydrogen-bond acceptors (Lipinski definition) is 4. The van der Waals surface area contributed by atoms with E-state index in [1.807, 2.05) is 24.3 Å². The van der Waals surface area contributed by atoms with Crippen LogP contribution >= 0.6 is 22.6 Å². The Labute approximate surface area is 175 Å². The lowest BCUT2D eigenvalue weighted by molar-refractivity contribution is -0.137. The number of carbonyl (C=O) groups excluding carboxylic acids is 1. The van der Waals surface area contributed by atoms with E-state index in [1.165, 1.54) is 6.08 Å². The second kappa shape index (κ2) is 10.5. The Morgan fingerprint density at radius 1 is 1.00 bits per heavy atom. The zero-order chi connectivity index (χ0) is 20.5. The van der Waals surface area contributed by atoms with Gasteiger partial charge in [-0.15, -0.1) is 0 Å². The third-order valence-corrected chi connectivity index (χ3v) is 4.45. The number of rotatable bonds is 9. The summed E-state index contributed by atoms with van der Waals surface area (Å²) in [4.78, 5) is 33.6. The molecule has 0 fully saturated rings. The molecular weight excluding hydrogens is 477 g/mol. The summed E-state index contributed by atoms with van der Waals surface area (Å²) in [7, 11) is 0. The minimum atomic E-state index is -1.29. The van der Waals surface area contributed by atoms with E-state index in [-0.39, 0.29) is 25.0 Å². The Kier molecular flexibility index (Phi) is 8.00. The van der Waals surface area contributed by atoms with E-state index < -0.39 is 17.8 Å². The normalized spacial score (nSPS) is 11.0. The number of ether oxygens (including phenoxy) is 1. The van der Waals surface area contributed by atoms with Crippen LogP contribution in [-0.2, 0) is 14.4 Å². The van der Waals surface area contributed by atoms with Gasteiger partial charge in [-0.25, -0.2) is 4.79 Å². The van der Waals surface area contributed by atoms with E-state index >= 15 is 0 Å². The van der Waals surface area contributed by atoms with Crippen molar-refractivity contribution in [1.82, 2.24) is 5.32 Å². The first-order chi connectivity index (χ1) is 13.3. The van der Waals surface area contributed by atoms with Gasteiger partial charge in [-0.1, -0.05) is 24.3 Å². The Hall–Kier alpha value is -2.88. The summed E-state index contributed by atoms with van der Waals surface area (Å²) in [5.74, 6) is -1.53. The summed E-state index contributed by atoms with van der Waals surface area (Å²) >= 11 is 2.17. The minimum absolute atomic E-state index is 0.0700. The highest BCUT2D eigenvalue weighted by atomic mass is 127. The van der Waals surface area contributed by atoms with Crippen LogP contribution in [-0.4, -0.2) is 28.1 Å². The van der Waals surface area contributed by atoms with Gasteiger partial charge in [-0.05, 0) is 64.9 Å². The van der Waals surface area contributed by atoms with E-state index in [1.54, 1.807) is 24.3 Å². The molecule has 0 atom stereocenters. The summed E-state index contributed by atoms with van der Waals surface area (Å²) < 4.78 is 6.74. The molecule has 0 radical (unpaired) electrons. The molecule has 0 spiro atoms. The molecule has 0 heterocycles. The van der Waals surface area contributed by atoms with E-state index in [9.17, 15) is 19.5 Å². The van der Waals surface area contributed by atoms with Crippen molar-refractivity contribution in [2.24, 2.45) is 0 Å². The van der Waals surface area contributed by atoms with Crippen molar-refractivity contribution in [2.75, 3.05) is 0 Å². The van der Waals surface area contributed by atoms with Crippen molar-refractivity contribution in [1.29, 1.82) is 0 Å². The SMILES string of the molecule is O=C(O)CCCC(=O)N/C(=C\c1ccc(Oc2ccccc2I)cc1)C(=O)O. The van der Waals surface area contributed by atoms with E-state index in [0.29, 0.717) is 17.1 Å². The first kappa shape index (κ1) is 21.4. The molecule has 146 valence electrons. The largest absolute Gasteiger partial charge is 0.481 e. The van der Waals surface area contributed by atoms with E-state index in [2.05, 4.69) is 27.9 Å². The monoisotopic (exact) mass is 495 g/mol. The molecule has 0 aliphatic carbocycles. The first-order valence-corrected chi connectivity index (χ1v) is 9.42. The molecule has 2 aromatic carbocycles. The average Bonchev–Trinajstić information content (AvgIpc) is 2.64. The van der Waals surface area contributed by atoms with Crippen LogP contribution in [0.4, 0.5) is 0 Å². The van der Waals surface area contributed by atoms with Crippen molar-refractivity contribution >= 4 is 46.5 Å². The maximum absolute atomic E-state index is 11.8. The molecule has 1 amide bonds. The van der Waals surface area contributed by atoms with Crippen LogP contribution in [0.25, 0.3) is 6.08 Å². The number of hydrogen-bond donors (Lipinski definition) is 3. The Balaban J connectivity index is 2.04. The third kappa shape index (κ3) is 7.03. The molecule has 7 nitrogen and oxygen atoms in total. The van der Waals surface area contributed by atoms with Crippen molar-refractivity contribution in [3.05, 3.63) is 63.4 Å². The molecule has 0 aliphatic rings. The average molecular weight is 495 g/mol. The highest BCUT2D eigenvalue weighted by molar-refractivity contribution is 14.1. The van der Waals surface area contributed by atoms with E-state index in [4.69, 9.17) is 9.84 Å². The maximum Gasteiger partial charge on any atom is 0.352 e. The lowest BCUT2D eigenvalue weighted by atomic mass is 10.1. The fourth-order valence-corrected chi connectivity index (χ4v) is 2.71. The van der Waals surface area contributed by atoms with Gasteiger partial charge in [-0.2, -0.15) is 0 Å². The Morgan fingerprint density at radius 3 is 2.29 bits per heavy atom. The third-order valence-electron chi connectivity index (χ3n) is 3.55. The zero-order valence-electron chi connectivity index (χ0n) is 14.7. The lowest BCUT2D eigenvalue weighted by Crippen LogP contribution is -2.27. The van der Waals surface area contributed by atoms with Crippen molar-refractivity contribution in [2.45, 2.75) is 19.3 Å². The Morgan fingerprint density at radius 2 is 1.68 bits per heavy atom. The number of halogens is 1. The van der Waals surface area contributed by atoms with Crippen LogP contribution < -0.4 is 10.1 Å². The number of carboxylic acid groups (broad SMARTS) is 2. The van der Waals surface area contributed by atoms with Crippen LogP contribution in [0.5, 0.6) is 11.5 Å². The lowest BCUT2D eigenvalue weighted by Gasteiger charge is -2.08. The fraction of sp³-hybridized carbons (Fsp3) is 0.150. The van der Waals surface area contributed by atoms with Crippen molar-refractivity contribution in [3.63, 3.8) is 0 Å². The van der Waals surface area contributed by atoms with Gasteiger partial charge in [-0.3, -0.25) is 9.59 Å². The molecule has 2 aromatic rings. The molecule has 0 saturated carbocycles. The Bertz CT molecular complexity index is 892. The second-order valence-corrected chi connectivity index (χ2v) is 6.92. The highest BCUT2D eigenvalue weighted by Crippen LogP contribution is 2.26. The maximum atomic E-state index is 11.8. The van der Waals surface area contributed by atoms with Crippen LogP contribution in [0.2, 0.25) is 0 Å². The van der Waals surface area contributed by atoms with E-state index in [0.717, 1.165) is 3.57 Å². The number of nitrogens with one attached hydrogen (secondary N) is 1.